The zero-order chi connectivity index (χ0) is 20.1. The van der Waals surface area contributed by atoms with E-state index in [1.807, 2.05) is 24.3 Å². The summed E-state index contributed by atoms with van der Waals surface area (Å²) in [5.41, 5.74) is 2.41. The Morgan fingerprint density at radius 3 is 2.64 bits per heavy atom. The van der Waals surface area contributed by atoms with Crippen molar-refractivity contribution in [1.29, 1.82) is 0 Å². The minimum absolute atomic E-state index is 0.254. The monoisotopic (exact) mass is 461 g/mol. The van der Waals surface area contributed by atoms with Crippen LogP contribution < -0.4 is 20.3 Å². The van der Waals surface area contributed by atoms with Gasteiger partial charge in [0.2, 0.25) is 0 Å². The minimum atomic E-state index is -0.320. The number of nitrogens with one attached hydrogen (secondary N) is 2. The predicted octanol–water partition coefficient (Wildman–Crippen LogP) is 4.82. The first-order valence-corrected chi connectivity index (χ1v) is 10.5. The lowest BCUT2D eigenvalue weighted by Gasteiger charge is -2.33. The molecule has 5 nitrogen and oxygen atoms in total. The topological polar surface area (TPSA) is 53.6 Å². The van der Waals surface area contributed by atoms with E-state index >= 15 is 0 Å². The quantitative estimate of drug-likeness (QED) is 0.639. The van der Waals surface area contributed by atoms with Gasteiger partial charge in [0.15, 0.2) is 5.11 Å². The molecule has 1 amide bonds. The van der Waals surface area contributed by atoms with Gasteiger partial charge in [0.1, 0.15) is 5.75 Å². The molecule has 148 valence electrons. The molecule has 0 aliphatic carbocycles. The van der Waals surface area contributed by atoms with E-state index in [1.165, 1.54) is 20.0 Å². The summed E-state index contributed by atoms with van der Waals surface area (Å²) < 4.78 is 6.07. The molecule has 2 aromatic carbocycles. The van der Waals surface area contributed by atoms with Gasteiger partial charge in [0, 0.05) is 17.6 Å². The summed E-state index contributed by atoms with van der Waals surface area (Å²) in [6.45, 7) is 4.34. The highest BCUT2D eigenvalue weighted by atomic mass is 79.9. The number of anilines is 2. The van der Waals surface area contributed by atoms with Crippen molar-refractivity contribution < 1.29 is 9.53 Å². The summed E-state index contributed by atoms with van der Waals surface area (Å²) in [6, 6.07) is 13.3. The van der Waals surface area contributed by atoms with Gasteiger partial charge in [-0.1, -0.05) is 35.0 Å². The fraction of sp³-hybridized carbons (Fsp3) is 0.333. The van der Waals surface area contributed by atoms with Crippen molar-refractivity contribution in [2.45, 2.75) is 19.8 Å². The Balaban J connectivity index is 1.70. The minimum Gasteiger partial charge on any atom is -0.496 e. The summed E-state index contributed by atoms with van der Waals surface area (Å²) in [7, 11) is 1.53. The van der Waals surface area contributed by atoms with E-state index in [-0.39, 0.29) is 11.0 Å². The van der Waals surface area contributed by atoms with Crippen LogP contribution in [0.25, 0.3) is 0 Å². The van der Waals surface area contributed by atoms with Gasteiger partial charge in [0.05, 0.1) is 24.0 Å². The highest BCUT2D eigenvalue weighted by Crippen LogP contribution is 2.29. The molecule has 0 bridgehead atoms. The third kappa shape index (κ3) is 5.02. The van der Waals surface area contributed by atoms with Gasteiger partial charge in [-0.2, -0.15) is 0 Å². The average Bonchev–Trinajstić information content (AvgIpc) is 2.69. The number of hydrogen-bond donors (Lipinski definition) is 2. The van der Waals surface area contributed by atoms with Crippen LogP contribution in [0.3, 0.4) is 0 Å². The maximum absolute atomic E-state index is 12.7. The molecule has 1 aliphatic rings. The maximum atomic E-state index is 12.7. The third-order valence-corrected chi connectivity index (χ3v) is 5.61. The number of halogens is 1. The van der Waals surface area contributed by atoms with Crippen molar-refractivity contribution in [3.8, 4) is 5.75 Å². The summed E-state index contributed by atoms with van der Waals surface area (Å²) in [5, 5.41) is 6.18. The van der Waals surface area contributed by atoms with E-state index in [0.29, 0.717) is 11.3 Å². The fourth-order valence-electron chi connectivity index (χ4n) is 3.29. The van der Waals surface area contributed by atoms with Crippen molar-refractivity contribution >= 4 is 50.5 Å². The molecule has 1 fully saturated rings. The molecule has 1 aliphatic heterocycles. The van der Waals surface area contributed by atoms with Gasteiger partial charge in [0.25, 0.3) is 5.91 Å². The number of benzene rings is 2. The number of piperidine rings is 1. The Hall–Kier alpha value is -2.12. The van der Waals surface area contributed by atoms with Crippen molar-refractivity contribution in [2.24, 2.45) is 5.92 Å². The molecule has 1 saturated heterocycles. The second-order valence-electron chi connectivity index (χ2n) is 6.94. The molecular weight excluding hydrogens is 438 g/mol. The van der Waals surface area contributed by atoms with Crippen molar-refractivity contribution in [1.82, 2.24) is 5.32 Å². The van der Waals surface area contributed by atoms with E-state index in [2.05, 4.69) is 44.5 Å². The molecule has 0 saturated carbocycles. The number of methoxy groups -OCH3 is 1. The largest absolute Gasteiger partial charge is 0.496 e. The van der Waals surface area contributed by atoms with Crippen LogP contribution in [0, 0.1) is 5.92 Å². The van der Waals surface area contributed by atoms with Gasteiger partial charge in [-0.3, -0.25) is 10.1 Å². The highest BCUT2D eigenvalue weighted by Gasteiger charge is 2.19. The number of para-hydroxylation sites is 2. The van der Waals surface area contributed by atoms with Crippen LogP contribution in [0.4, 0.5) is 11.4 Å². The predicted molar refractivity (Wildman–Crippen MR) is 121 cm³/mol. The van der Waals surface area contributed by atoms with Gasteiger partial charge >= 0.3 is 0 Å². The van der Waals surface area contributed by atoms with E-state index < -0.39 is 0 Å². The Labute approximate surface area is 179 Å². The van der Waals surface area contributed by atoms with E-state index in [1.54, 1.807) is 12.1 Å². The average molecular weight is 462 g/mol. The molecular formula is C21H24BrN3O2S. The Bertz CT molecular complexity index is 866. The zero-order valence-electron chi connectivity index (χ0n) is 16.0. The van der Waals surface area contributed by atoms with Crippen molar-refractivity contribution in [3.63, 3.8) is 0 Å². The Morgan fingerprint density at radius 2 is 1.93 bits per heavy atom. The Kier molecular flexibility index (Phi) is 6.91. The van der Waals surface area contributed by atoms with Crippen molar-refractivity contribution in [3.05, 3.63) is 52.5 Å². The number of thiocarbonyl (C=S) groups is 1. The SMILES string of the molecule is COc1ccc(Br)cc1C(=O)NC(=S)Nc1ccccc1N1CCC(C)CC1. The molecule has 0 radical (unpaired) electrons. The van der Waals surface area contributed by atoms with Crippen LogP contribution in [0.5, 0.6) is 5.75 Å². The number of rotatable bonds is 4. The number of carbonyl (C=O) groups is 1. The van der Waals surface area contributed by atoms with Gasteiger partial charge in [-0.25, -0.2) is 0 Å². The molecule has 3 rings (SSSR count). The molecule has 2 aromatic rings. The third-order valence-electron chi connectivity index (χ3n) is 4.91. The molecule has 1 heterocycles. The lowest BCUT2D eigenvalue weighted by atomic mass is 9.98. The van der Waals surface area contributed by atoms with Gasteiger partial charge in [-0.05, 0) is 61.3 Å². The number of amides is 1. The molecule has 28 heavy (non-hydrogen) atoms. The molecule has 0 spiro atoms. The van der Waals surface area contributed by atoms with Crippen LogP contribution in [0.2, 0.25) is 0 Å². The first kappa shape index (κ1) is 20.6. The lowest BCUT2D eigenvalue weighted by molar-refractivity contribution is 0.0974. The number of carbonyl (C=O) groups excluding carboxylic acids is 1. The van der Waals surface area contributed by atoms with Crippen LogP contribution in [-0.2, 0) is 0 Å². The van der Waals surface area contributed by atoms with Crippen molar-refractivity contribution in [2.75, 3.05) is 30.4 Å². The number of ether oxygens (including phenoxy) is 1. The number of hydrogen-bond acceptors (Lipinski definition) is 4. The molecule has 2 N–H and O–H groups in total. The summed E-state index contributed by atoms with van der Waals surface area (Å²) in [4.78, 5) is 15.0. The van der Waals surface area contributed by atoms with Crippen LogP contribution in [0.1, 0.15) is 30.1 Å². The second-order valence-corrected chi connectivity index (χ2v) is 8.26. The summed E-state index contributed by atoms with van der Waals surface area (Å²) >= 11 is 8.77. The van der Waals surface area contributed by atoms with Gasteiger partial charge < -0.3 is 15.0 Å². The zero-order valence-corrected chi connectivity index (χ0v) is 18.4. The first-order valence-electron chi connectivity index (χ1n) is 9.27. The standard InChI is InChI=1S/C21H24BrN3O2S/c1-14-9-11-25(12-10-14)18-6-4-3-5-17(18)23-21(28)24-20(26)16-13-15(22)7-8-19(16)27-2/h3-8,13-14H,9-12H2,1-2H3,(H2,23,24,26,28). The van der Waals surface area contributed by atoms with Crippen LogP contribution in [0.15, 0.2) is 46.9 Å². The van der Waals surface area contributed by atoms with E-state index in [0.717, 1.165) is 34.9 Å². The number of nitrogens with zero attached hydrogens (tertiary/aromatic N) is 1. The first-order chi connectivity index (χ1) is 13.5. The lowest BCUT2D eigenvalue weighted by Crippen LogP contribution is -2.36. The normalized spacial score (nSPS) is 14.5. The fourth-order valence-corrected chi connectivity index (χ4v) is 3.85. The molecule has 0 aromatic heterocycles. The Morgan fingerprint density at radius 1 is 1.21 bits per heavy atom. The summed E-state index contributed by atoms with van der Waals surface area (Å²) in [6.07, 6.45) is 2.36. The van der Waals surface area contributed by atoms with Gasteiger partial charge in [-0.15, -0.1) is 0 Å². The molecule has 0 unspecified atom stereocenters. The highest BCUT2D eigenvalue weighted by molar-refractivity contribution is 9.10. The van der Waals surface area contributed by atoms with Crippen LogP contribution in [-0.4, -0.2) is 31.2 Å². The van der Waals surface area contributed by atoms with E-state index in [4.69, 9.17) is 17.0 Å². The summed E-state index contributed by atoms with van der Waals surface area (Å²) in [5.74, 6) is 0.933. The second kappa shape index (κ2) is 9.39. The van der Waals surface area contributed by atoms with Crippen LogP contribution >= 0.6 is 28.1 Å². The van der Waals surface area contributed by atoms with E-state index in [9.17, 15) is 4.79 Å². The molecule has 0 atom stereocenters. The molecule has 7 heteroatoms. The maximum Gasteiger partial charge on any atom is 0.261 e. The smallest absolute Gasteiger partial charge is 0.261 e.